The van der Waals surface area contributed by atoms with Crippen LogP contribution in [-0.4, -0.2) is 71.7 Å². The zero-order chi connectivity index (χ0) is 17.7. The number of carbonyl (C=O) groups excluding carboxylic acids is 2. The fraction of sp³-hybridized carbons (Fsp3) is 0.895. The normalized spacial score (nSPS) is 35.9. The molecule has 0 radical (unpaired) electrons. The second-order valence-electron chi connectivity index (χ2n) is 8.93. The van der Waals surface area contributed by atoms with Gasteiger partial charge in [-0.1, -0.05) is 12.8 Å². The number of morpholine rings is 1. The highest BCUT2D eigenvalue weighted by Crippen LogP contribution is 2.36. The molecule has 25 heavy (non-hydrogen) atoms. The fourth-order valence-corrected chi connectivity index (χ4v) is 5.19. The fourth-order valence-electron chi connectivity index (χ4n) is 5.19. The van der Waals surface area contributed by atoms with Crippen LogP contribution in [0.2, 0.25) is 0 Å². The Morgan fingerprint density at radius 3 is 2.64 bits per heavy atom. The minimum atomic E-state index is -0.380. The highest BCUT2D eigenvalue weighted by Gasteiger charge is 2.50. The van der Waals surface area contributed by atoms with Crippen molar-refractivity contribution in [3.05, 3.63) is 0 Å². The number of carbonyl (C=O) groups is 2. The van der Waals surface area contributed by atoms with E-state index in [-0.39, 0.29) is 28.9 Å². The van der Waals surface area contributed by atoms with E-state index < -0.39 is 0 Å². The van der Waals surface area contributed by atoms with E-state index in [0.717, 1.165) is 19.3 Å². The molecule has 140 valence electrons. The van der Waals surface area contributed by atoms with E-state index in [4.69, 9.17) is 9.47 Å². The summed E-state index contributed by atoms with van der Waals surface area (Å²) in [5.41, 5.74) is -0.749. The molecule has 2 unspecified atom stereocenters. The van der Waals surface area contributed by atoms with Gasteiger partial charge in [-0.3, -0.25) is 9.59 Å². The molecule has 3 heterocycles. The number of nitrogens with zero attached hydrogens (tertiary/aromatic N) is 2. The van der Waals surface area contributed by atoms with E-state index in [0.29, 0.717) is 45.3 Å². The van der Waals surface area contributed by atoms with E-state index in [1.807, 2.05) is 23.6 Å². The lowest BCUT2D eigenvalue weighted by Crippen LogP contribution is -2.62. The van der Waals surface area contributed by atoms with Gasteiger partial charge in [-0.25, -0.2) is 0 Å². The topological polar surface area (TPSA) is 59.1 Å². The average molecular weight is 350 g/mol. The van der Waals surface area contributed by atoms with Gasteiger partial charge in [0.05, 0.1) is 24.7 Å². The van der Waals surface area contributed by atoms with Crippen LogP contribution in [0.5, 0.6) is 0 Å². The third-order valence-corrected chi connectivity index (χ3v) is 6.20. The van der Waals surface area contributed by atoms with Crippen LogP contribution in [0.3, 0.4) is 0 Å². The molecule has 3 saturated heterocycles. The summed E-state index contributed by atoms with van der Waals surface area (Å²) in [7, 11) is 0. The third kappa shape index (κ3) is 3.31. The molecule has 0 aromatic carbocycles. The maximum Gasteiger partial charge on any atom is 0.228 e. The lowest BCUT2D eigenvalue weighted by molar-refractivity contribution is -0.200. The summed E-state index contributed by atoms with van der Waals surface area (Å²) in [6, 6.07) is 0.362. The number of hydrogen-bond acceptors (Lipinski definition) is 4. The summed E-state index contributed by atoms with van der Waals surface area (Å²) < 4.78 is 11.9. The molecular weight excluding hydrogens is 320 g/mol. The zero-order valence-corrected chi connectivity index (χ0v) is 15.5. The molecule has 2 atom stereocenters. The van der Waals surface area contributed by atoms with Crippen molar-refractivity contribution in [1.82, 2.24) is 9.80 Å². The molecule has 0 N–H and O–H groups in total. The van der Waals surface area contributed by atoms with E-state index >= 15 is 0 Å². The summed E-state index contributed by atoms with van der Waals surface area (Å²) >= 11 is 0. The van der Waals surface area contributed by atoms with E-state index in [2.05, 4.69) is 0 Å². The van der Waals surface area contributed by atoms with Crippen molar-refractivity contribution in [1.29, 1.82) is 0 Å². The molecule has 3 aliphatic heterocycles. The lowest BCUT2D eigenvalue weighted by Gasteiger charge is -2.48. The quantitative estimate of drug-likeness (QED) is 0.759. The summed E-state index contributed by atoms with van der Waals surface area (Å²) in [4.78, 5) is 29.6. The first-order chi connectivity index (χ1) is 11.9. The van der Waals surface area contributed by atoms with Crippen molar-refractivity contribution in [2.45, 2.75) is 69.6 Å². The molecule has 4 fully saturated rings. The highest BCUT2D eigenvalue weighted by molar-refractivity contribution is 5.89. The van der Waals surface area contributed by atoms with Crippen molar-refractivity contribution in [3.8, 4) is 0 Å². The van der Waals surface area contributed by atoms with Crippen LogP contribution >= 0.6 is 0 Å². The molecule has 0 aromatic heterocycles. The number of likely N-dealkylation sites (tertiary alicyclic amines) is 1. The molecule has 4 rings (SSSR count). The highest BCUT2D eigenvalue weighted by atomic mass is 16.6. The van der Waals surface area contributed by atoms with Crippen LogP contribution < -0.4 is 0 Å². The van der Waals surface area contributed by atoms with Gasteiger partial charge < -0.3 is 19.3 Å². The first kappa shape index (κ1) is 17.3. The largest absolute Gasteiger partial charge is 0.378 e. The van der Waals surface area contributed by atoms with Crippen molar-refractivity contribution in [3.63, 3.8) is 0 Å². The molecular formula is C19H30N2O4. The molecule has 4 aliphatic rings. The van der Waals surface area contributed by atoms with Crippen LogP contribution in [0, 0.1) is 5.92 Å². The number of ether oxygens (including phenoxy) is 2. The van der Waals surface area contributed by atoms with Gasteiger partial charge in [0.15, 0.2) is 0 Å². The SMILES string of the molecule is CC1(C)CN(C(=O)C2CC(=O)N(C3CCCC3)C2)CC2(CCOC2)O1. The average Bonchev–Trinajstić information content (AvgIpc) is 3.26. The van der Waals surface area contributed by atoms with E-state index in [1.165, 1.54) is 12.8 Å². The summed E-state index contributed by atoms with van der Waals surface area (Å²) in [6.07, 6.45) is 5.80. The summed E-state index contributed by atoms with van der Waals surface area (Å²) in [5.74, 6) is 0.0922. The Balaban J connectivity index is 1.45. The van der Waals surface area contributed by atoms with E-state index in [9.17, 15) is 9.59 Å². The molecule has 1 saturated carbocycles. The van der Waals surface area contributed by atoms with Gasteiger partial charge in [-0.05, 0) is 26.7 Å². The smallest absolute Gasteiger partial charge is 0.228 e. The Hall–Kier alpha value is -1.14. The van der Waals surface area contributed by atoms with Gasteiger partial charge in [0.25, 0.3) is 0 Å². The second-order valence-corrected chi connectivity index (χ2v) is 8.93. The Morgan fingerprint density at radius 2 is 1.96 bits per heavy atom. The van der Waals surface area contributed by atoms with Gasteiger partial charge in [-0.2, -0.15) is 0 Å². The minimum Gasteiger partial charge on any atom is -0.378 e. The van der Waals surface area contributed by atoms with Crippen LogP contribution in [0.25, 0.3) is 0 Å². The Kier molecular flexibility index (Phi) is 4.31. The predicted octanol–water partition coefficient (Wildman–Crippen LogP) is 1.57. The van der Waals surface area contributed by atoms with Gasteiger partial charge in [-0.15, -0.1) is 0 Å². The molecule has 6 nitrogen and oxygen atoms in total. The third-order valence-electron chi connectivity index (χ3n) is 6.20. The zero-order valence-electron chi connectivity index (χ0n) is 15.5. The molecule has 0 bridgehead atoms. The van der Waals surface area contributed by atoms with E-state index in [1.54, 1.807) is 0 Å². The molecule has 1 aliphatic carbocycles. The minimum absolute atomic E-state index is 0.122. The Bertz CT molecular complexity index is 550. The van der Waals surface area contributed by atoms with Gasteiger partial charge in [0.2, 0.25) is 11.8 Å². The lowest BCUT2D eigenvalue weighted by atomic mass is 9.93. The van der Waals surface area contributed by atoms with Crippen molar-refractivity contribution in [2.75, 3.05) is 32.8 Å². The second kappa shape index (κ2) is 6.23. The standard InChI is InChI=1S/C19H30N2O4/c1-18(2)11-20(12-19(25-18)7-8-24-13-19)17(23)14-9-16(22)21(10-14)15-5-3-4-6-15/h14-15H,3-13H2,1-2H3. The van der Waals surface area contributed by atoms with Gasteiger partial charge >= 0.3 is 0 Å². The maximum atomic E-state index is 13.2. The Morgan fingerprint density at radius 1 is 1.20 bits per heavy atom. The molecule has 6 heteroatoms. The van der Waals surface area contributed by atoms with Crippen LogP contribution in [0.15, 0.2) is 0 Å². The monoisotopic (exact) mass is 350 g/mol. The Labute approximate surface area is 149 Å². The number of hydrogen-bond donors (Lipinski definition) is 0. The summed E-state index contributed by atoms with van der Waals surface area (Å²) in [5, 5.41) is 0. The van der Waals surface area contributed by atoms with Crippen molar-refractivity contribution < 1.29 is 19.1 Å². The summed E-state index contributed by atoms with van der Waals surface area (Å²) in [6.45, 7) is 7.09. The first-order valence-corrected chi connectivity index (χ1v) is 9.74. The number of rotatable bonds is 2. The van der Waals surface area contributed by atoms with Crippen molar-refractivity contribution in [2.24, 2.45) is 5.92 Å². The van der Waals surface area contributed by atoms with Crippen LogP contribution in [0.4, 0.5) is 0 Å². The molecule has 2 amide bonds. The van der Waals surface area contributed by atoms with Crippen molar-refractivity contribution >= 4 is 11.8 Å². The van der Waals surface area contributed by atoms with Crippen LogP contribution in [0.1, 0.15) is 52.4 Å². The van der Waals surface area contributed by atoms with Crippen LogP contribution in [-0.2, 0) is 19.1 Å². The molecule has 1 spiro atoms. The molecule has 0 aromatic rings. The first-order valence-electron chi connectivity index (χ1n) is 9.74. The number of amides is 2. The predicted molar refractivity (Wildman–Crippen MR) is 92.0 cm³/mol. The van der Waals surface area contributed by atoms with Gasteiger partial charge in [0.1, 0.15) is 5.60 Å². The maximum absolute atomic E-state index is 13.2. The van der Waals surface area contributed by atoms with Gasteiger partial charge in [0, 0.05) is 38.6 Å².